The van der Waals surface area contributed by atoms with Gasteiger partial charge in [-0.2, -0.15) is 0 Å². The van der Waals surface area contributed by atoms with Crippen LogP contribution in [0.4, 0.5) is 0 Å². The summed E-state index contributed by atoms with van der Waals surface area (Å²) in [6.07, 6.45) is 0.825. The van der Waals surface area contributed by atoms with Gasteiger partial charge in [-0.05, 0) is 71.8 Å². The molecule has 0 saturated carbocycles. The molecule has 0 spiro atoms. The third kappa shape index (κ3) is 7.88. The highest BCUT2D eigenvalue weighted by atomic mass is 79.9. The number of hydrogen-bond donors (Lipinski definition) is 1. The highest BCUT2D eigenvalue weighted by molar-refractivity contribution is 9.10. The molecule has 0 radical (unpaired) electrons. The lowest BCUT2D eigenvalue weighted by Crippen LogP contribution is -2.50. The lowest BCUT2D eigenvalue weighted by molar-refractivity contribution is -0.142. The van der Waals surface area contributed by atoms with Gasteiger partial charge in [-0.25, -0.2) is 0 Å². The number of ether oxygens (including phenoxy) is 1. The molecule has 0 aliphatic carbocycles. The third-order valence-corrected chi connectivity index (χ3v) is 6.37. The summed E-state index contributed by atoms with van der Waals surface area (Å²) in [7, 11) is 0. The first kappa shape index (κ1) is 26.9. The van der Waals surface area contributed by atoms with Gasteiger partial charge >= 0.3 is 0 Å². The van der Waals surface area contributed by atoms with Crippen molar-refractivity contribution in [1.82, 2.24) is 10.2 Å². The molecular formula is C27H37BrN2O3. The molecule has 5 nitrogen and oxygen atoms in total. The monoisotopic (exact) mass is 516 g/mol. The Morgan fingerprint density at radius 3 is 2.39 bits per heavy atom. The Balaban J connectivity index is 2.19. The second-order valence-electron chi connectivity index (χ2n) is 9.69. The summed E-state index contributed by atoms with van der Waals surface area (Å²) in [5.41, 5.74) is 3.27. The van der Waals surface area contributed by atoms with E-state index in [1.54, 1.807) is 11.8 Å². The number of nitrogens with zero attached hydrogens (tertiary/aromatic N) is 1. The first-order valence-electron chi connectivity index (χ1n) is 11.5. The number of carbonyl (C=O) groups excluding carboxylic acids is 2. The number of halogens is 1. The van der Waals surface area contributed by atoms with Crippen molar-refractivity contribution in [2.24, 2.45) is 0 Å². The number of nitrogens with one attached hydrogen (secondary N) is 1. The van der Waals surface area contributed by atoms with Crippen molar-refractivity contribution in [3.63, 3.8) is 0 Å². The van der Waals surface area contributed by atoms with Gasteiger partial charge in [0.15, 0.2) is 6.61 Å². The molecule has 6 heteroatoms. The molecule has 0 fully saturated rings. The lowest BCUT2D eigenvalue weighted by atomic mass is 9.87. The number of benzene rings is 2. The molecule has 180 valence electrons. The van der Waals surface area contributed by atoms with E-state index in [0.29, 0.717) is 12.3 Å². The van der Waals surface area contributed by atoms with E-state index in [0.717, 1.165) is 22.0 Å². The van der Waals surface area contributed by atoms with Gasteiger partial charge in [0.2, 0.25) is 5.91 Å². The van der Waals surface area contributed by atoms with Crippen molar-refractivity contribution in [2.75, 3.05) is 6.61 Å². The van der Waals surface area contributed by atoms with Gasteiger partial charge in [-0.3, -0.25) is 9.59 Å². The molecule has 0 aliphatic rings. The largest absolute Gasteiger partial charge is 0.483 e. The highest BCUT2D eigenvalue weighted by Gasteiger charge is 2.27. The number of rotatable bonds is 9. The van der Waals surface area contributed by atoms with Crippen LogP contribution in [0.3, 0.4) is 0 Å². The van der Waals surface area contributed by atoms with Gasteiger partial charge in [0.1, 0.15) is 11.8 Å². The summed E-state index contributed by atoms with van der Waals surface area (Å²) >= 11 is 3.56. The van der Waals surface area contributed by atoms with Crippen molar-refractivity contribution in [3.05, 3.63) is 63.6 Å². The van der Waals surface area contributed by atoms with E-state index in [1.807, 2.05) is 63.2 Å². The van der Waals surface area contributed by atoms with Crippen molar-refractivity contribution in [2.45, 2.75) is 78.9 Å². The van der Waals surface area contributed by atoms with Crippen LogP contribution in [0.1, 0.15) is 64.7 Å². The second kappa shape index (κ2) is 11.7. The fourth-order valence-electron chi connectivity index (χ4n) is 3.36. The van der Waals surface area contributed by atoms with E-state index in [4.69, 9.17) is 4.74 Å². The first-order chi connectivity index (χ1) is 15.4. The average Bonchev–Trinajstić information content (AvgIpc) is 2.75. The molecule has 33 heavy (non-hydrogen) atoms. The van der Waals surface area contributed by atoms with Crippen LogP contribution in [0.2, 0.25) is 0 Å². The minimum atomic E-state index is -0.623. The van der Waals surface area contributed by atoms with E-state index in [-0.39, 0.29) is 29.9 Å². The fourth-order valence-corrected chi connectivity index (χ4v) is 3.86. The van der Waals surface area contributed by atoms with E-state index >= 15 is 0 Å². The normalized spacial score (nSPS) is 13.2. The zero-order valence-electron chi connectivity index (χ0n) is 20.9. The van der Waals surface area contributed by atoms with Crippen LogP contribution in [0.15, 0.2) is 46.9 Å². The maximum Gasteiger partial charge on any atom is 0.261 e. The van der Waals surface area contributed by atoms with Gasteiger partial charge in [-0.1, -0.05) is 63.6 Å². The van der Waals surface area contributed by atoms with E-state index in [2.05, 4.69) is 42.0 Å². The Morgan fingerprint density at radius 1 is 1.12 bits per heavy atom. The van der Waals surface area contributed by atoms with Crippen molar-refractivity contribution >= 4 is 27.7 Å². The Bertz CT molecular complexity index is 968. The first-order valence-corrected chi connectivity index (χ1v) is 12.3. The van der Waals surface area contributed by atoms with Crippen molar-refractivity contribution < 1.29 is 14.3 Å². The SMILES string of the molecule is CC[C@H](C)NC(=O)[C@H](C)N(Cc1cccc(C)c1)C(=O)COc1ccc(C(C)(C)C)cc1Br. The molecule has 0 saturated heterocycles. The standard InChI is InChI=1S/C27H37BrN2O3/c1-8-19(3)29-26(32)20(4)30(16-21-11-9-10-18(2)14-21)25(31)17-33-24-13-12-22(15-23(24)28)27(5,6)7/h9-15,19-20H,8,16-17H2,1-7H3,(H,29,32)/t19-,20-/m0/s1. The predicted molar refractivity (Wildman–Crippen MR) is 137 cm³/mol. The summed E-state index contributed by atoms with van der Waals surface area (Å²) in [4.78, 5) is 27.7. The van der Waals surface area contributed by atoms with E-state index in [9.17, 15) is 9.59 Å². The minimum absolute atomic E-state index is 0.0138. The van der Waals surface area contributed by atoms with Gasteiger partial charge in [0, 0.05) is 12.6 Å². The van der Waals surface area contributed by atoms with Crippen LogP contribution in [-0.2, 0) is 21.5 Å². The van der Waals surface area contributed by atoms with Crippen molar-refractivity contribution in [1.29, 1.82) is 0 Å². The molecule has 2 rings (SSSR count). The molecule has 0 aromatic heterocycles. The maximum atomic E-state index is 13.3. The Morgan fingerprint density at radius 2 is 1.82 bits per heavy atom. The van der Waals surface area contributed by atoms with Gasteiger partial charge < -0.3 is 15.0 Å². The highest BCUT2D eigenvalue weighted by Crippen LogP contribution is 2.31. The summed E-state index contributed by atoms with van der Waals surface area (Å²) in [5, 5.41) is 2.98. The van der Waals surface area contributed by atoms with Crippen LogP contribution in [0, 0.1) is 6.92 Å². The Kier molecular flexibility index (Phi) is 9.53. The molecule has 2 amide bonds. The smallest absolute Gasteiger partial charge is 0.261 e. The molecule has 0 heterocycles. The van der Waals surface area contributed by atoms with Crippen LogP contribution < -0.4 is 10.1 Å². The Labute approximate surface area is 207 Å². The molecular weight excluding hydrogens is 480 g/mol. The van der Waals surface area contributed by atoms with E-state index in [1.165, 1.54) is 5.56 Å². The van der Waals surface area contributed by atoms with Gasteiger partial charge in [0.05, 0.1) is 4.47 Å². The number of carbonyl (C=O) groups is 2. The second-order valence-corrected chi connectivity index (χ2v) is 10.5. The van der Waals surface area contributed by atoms with Crippen LogP contribution >= 0.6 is 15.9 Å². The fraction of sp³-hybridized carbons (Fsp3) is 0.481. The molecule has 1 N–H and O–H groups in total. The quantitative estimate of drug-likeness (QED) is 0.460. The maximum absolute atomic E-state index is 13.3. The third-order valence-electron chi connectivity index (χ3n) is 5.75. The average molecular weight is 518 g/mol. The molecule has 0 bridgehead atoms. The number of hydrogen-bond acceptors (Lipinski definition) is 3. The number of amides is 2. The summed E-state index contributed by atoms with van der Waals surface area (Å²) in [6, 6.07) is 13.3. The van der Waals surface area contributed by atoms with Crippen LogP contribution in [0.25, 0.3) is 0 Å². The molecule has 2 aromatic carbocycles. The zero-order chi connectivity index (χ0) is 24.8. The lowest BCUT2D eigenvalue weighted by Gasteiger charge is -2.30. The molecule has 0 aliphatic heterocycles. The number of aryl methyl sites for hydroxylation is 1. The molecule has 2 aromatic rings. The summed E-state index contributed by atoms with van der Waals surface area (Å²) in [6.45, 7) is 14.4. The van der Waals surface area contributed by atoms with Crippen molar-refractivity contribution in [3.8, 4) is 5.75 Å². The Hall–Kier alpha value is -2.34. The summed E-state index contributed by atoms with van der Waals surface area (Å²) in [5.74, 6) is 0.194. The van der Waals surface area contributed by atoms with Crippen LogP contribution in [0.5, 0.6) is 5.75 Å². The predicted octanol–water partition coefficient (Wildman–Crippen LogP) is 5.77. The van der Waals surface area contributed by atoms with Crippen LogP contribution in [-0.4, -0.2) is 35.4 Å². The van der Waals surface area contributed by atoms with E-state index < -0.39 is 6.04 Å². The molecule has 0 unspecified atom stereocenters. The minimum Gasteiger partial charge on any atom is -0.483 e. The summed E-state index contributed by atoms with van der Waals surface area (Å²) < 4.78 is 6.67. The topological polar surface area (TPSA) is 58.6 Å². The molecule has 2 atom stereocenters. The van der Waals surface area contributed by atoms with Gasteiger partial charge in [0.25, 0.3) is 5.91 Å². The zero-order valence-corrected chi connectivity index (χ0v) is 22.5. The van der Waals surface area contributed by atoms with Gasteiger partial charge in [-0.15, -0.1) is 0 Å².